The maximum absolute atomic E-state index is 13.1. The summed E-state index contributed by atoms with van der Waals surface area (Å²) >= 11 is 0. The van der Waals surface area contributed by atoms with E-state index in [1.807, 2.05) is 61.5 Å². The first-order valence-electron chi connectivity index (χ1n) is 8.36. The van der Waals surface area contributed by atoms with Gasteiger partial charge in [0.15, 0.2) is 5.72 Å². The molecule has 1 fully saturated rings. The van der Waals surface area contributed by atoms with Gasteiger partial charge in [-0.05, 0) is 24.1 Å². The van der Waals surface area contributed by atoms with E-state index in [2.05, 4.69) is 0 Å². The highest BCUT2D eigenvalue weighted by molar-refractivity contribution is 5.99. The highest BCUT2D eigenvalue weighted by atomic mass is 16.5. The summed E-state index contributed by atoms with van der Waals surface area (Å²) in [6, 6.07) is 17.0. The topological polar surface area (TPSA) is 66.8 Å². The summed E-state index contributed by atoms with van der Waals surface area (Å²) < 4.78 is 6.19. The van der Waals surface area contributed by atoms with E-state index >= 15 is 0 Å². The minimum atomic E-state index is -1.08. The molecule has 25 heavy (non-hydrogen) atoms. The Morgan fingerprint density at radius 2 is 1.88 bits per heavy atom. The predicted octanol–water partition coefficient (Wildman–Crippen LogP) is 3.01. The second-order valence-corrected chi connectivity index (χ2v) is 6.85. The Balaban J connectivity index is 1.79. The van der Waals surface area contributed by atoms with E-state index in [0.29, 0.717) is 18.7 Å². The van der Waals surface area contributed by atoms with Crippen LogP contribution in [0.3, 0.4) is 0 Å². The second-order valence-electron chi connectivity index (χ2n) is 6.85. The molecule has 2 aromatic carbocycles. The van der Waals surface area contributed by atoms with Crippen molar-refractivity contribution in [2.45, 2.75) is 31.5 Å². The van der Waals surface area contributed by atoms with Crippen LogP contribution < -0.4 is 4.74 Å². The van der Waals surface area contributed by atoms with Gasteiger partial charge in [0, 0.05) is 18.9 Å². The Bertz CT molecular complexity index is 835. The van der Waals surface area contributed by atoms with E-state index in [9.17, 15) is 14.7 Å². The Labute approximate surface area is 145 Å². The summed E-state index contributed by atoms with van der Waals surface area (Å²) in [6.45, 7) is 2.20. The number of carbonyl (C=O) groups excluding carboxylic acids is 1. The molecule has 5 heteroatoms. The number of piperidine rings is 1. The lowest BCUT2D eigenvalue weighted by Gasteiger charge is -2.52. The molecule has 0 spiro atoms. The van der Waals surface area contributed by atoms with Crippen LogP contribution in [0.25, 0.3) is 0 Å². The zero-order chi connectivity index (χ0) is 17.6. The SMILES string of the molecule is C[C@@]12C[C@@H](c3ccccc3O1)[C@H](C(=O)O)C(=O)N2Cc1ccccc1. The largest absolute Gasteiger partial charge is 0.481 e. The third kappa shape index (κ3) is 2.47. The number of amides is 1. The summed E-state index contributed by atoms with van der Waals surface area (Å²) in [5.41, 5.74) is 0.903. The van der Waals surface area contributed by atoms with Gasteiger partial charge < -0.3 is 9.84 Å². The first-order valence-corrected chi connectivity index (χ1v) is 8.36. The highest BCUT2D eigenvalue weighted by Gasteiger charge is 2.56. The van der Waals surface area contributed by atoms with E-state index in [1.165, 1.54) is 0 Å². The molecule has 128 valence electrons. The van der Waals surface area contributed by atoms with Crippen molar-refractivity contribution >= 4 is 11.9 Å². The molecule has 1 N–H and O–H groups in total. The Kier molecular flexibility index (Phi) is 3.53. The standard InChI is InChI=1S/C20H19NO4/c1-20-11-15(14-9-5-6-10-16(14)25-20)17(19(23)24)18(22)21(20)12-13-7-3-2-4-8-13/h2-10,15,17H,11-12H2,1H3,(H,23,24)/t15-,17-,20-/m0/s1. The molecule has 0 unspecified atom stereocenters. The lowest BCUT2D eigenvalue weighted by atomic mass is 9.73. The number of carboxylic acids is 1. The van der Waals surface area contributed by atoms with Gasteiger partial charge in [-0.15, -0.1) is 0 Å². The average molecular weight is 337 g/mol. The zero-order valence-corrected chi connectivity index (χ0v) is 13.9. The summed E-state index contributed by atoms with van der Waals surface area (Å²) in [5, 5.41) is 9.73. The Morgan fingerprint density at radius 1 is 1.20 bits per heavy atom. The number of aliphatic carboxylic acids is 1. The fraction of sp³-hybridized carbons (Fsp3) is 0.300. The van der Waals surface area contributed by atoms with Crippen molar-refractivity contribution in [1.82, 2.24) is 4.90 Å². The van der Waals surface area contributed by atoms with E-state index in [4.69, 9.17) is 4.74 Å². The average Bonchev–Trinajstić information content (AvgIpc) is 2.59. The van der Waals surface area contributed by atoms with Crippen LogP contribution in [0.5, 0.6) is 5.75 Å². The number of nitrogens with zero attached hydrogens (tertiary/aromatic N) is 1. The third-order valence-corrected chi connectivity index (χ3v) is 5.20. The van der Waals surface area contributed by atoms with Crippen LogP contribution in [0.4, 0.5) is 0 Å². The smallest absolute Gasteiger partial charge is 0.316 e. The first-order chi connectivity index (χ1) is 12.0. The molecule has 2 heterocycles. The number of carboxylic acid groups (broad SMARTS) is 1. The molecular formula is C20H19NO4. The number of fused-ring (bicyclic) bond motifs is 4. The normalized spacial score (nSPS) is 27.4. The number of hydrogen-bond donors (Lipinski definition) is 1. The van der Waals surface area contributed by atoms with Crippen LogP contribution in [-0.2, 0) is 16.1 Å². The van der Waals surface area contributed by atoms with Gasteiger partial charge in [0.2, 0.25) is 5.91 Å². The Morgan fingerprint density at radius 3 is 2.60 bits per heavy atom. The van der Waals surface area contributed by atoms with E-state index in [-0.39, 0.29) is 11.8 Å². The zero-order valence-electron chi connectivity index (χ0n) is 13.9. The lowest BCUT2D eigenvalue weighted by molar-refractivity contribution is -0.181. The number of ether oxygens (including phenoxy) is 1. The molecule has 2 aliphatic heterocycles. The van der Waals surface area contributed by atoms with Crippen LogP contribution in [0, 0.1) is 5.92 Å². The molecule has 0 radical (unpaired) electrons. The molecule has 2 aromatic rings. The third-order valence-electron chi connectivity index (χ3n) is 5.20. The number of carbonyl (C=O) groups is 2. The predicted molar refractivity (Wildman–Crippen MR) is 91.0 cm³/mol. The van der Waals surface area contributed by atoms with Crippen molar-refractivity contribution < 1.29 is 19.4 Å². The van der Waals surface area contributed by atoms with Gasteiger partial charge in [0.05, 0.1) is 0 Å². The van der Waals surface area contributed by atoms with Crippen molar-refractivity contribution in [3.05, 3.63) is 65.7 Å². The van der Waals surface area contributed by atoms with Gasteiger partial charge in [-0.3, -0.25) is 14.5 Å². The highest BCUT2D eigenvalue weighted by Crippen LogP contribution is 2.50. The first kappa shape index (κ1) is 15.7. The van der Waals surface area contributed by atoms with Crippen LogP contribution in [-0.4, -0.2) is 27.6 Å². The molecule has 3 atom stereocenters. The van der Waals surface area contributed by atoms with Gasteiger partial charge in [-0.25, -0.2) is 0 Å². The van der Waals surface area contributed by atoms with Crippen LogP contribution in [0.1, 0.15) is 30.4 Å². The lowest BCUT2D eigenvalue weighted by Crippen LogP contribution is -2.63. The van der Waals surface area contributed by atoms with Crippen molar-refractivity contribution in [2.24, 2.45) is 5.92 Å². The van der Waals surface area contributed by atoms with Gasteiger partial charge in [0.25, 0.3) is 0 Å². The summed E-state index contributed by atoms with van der Waals surface area (Å²) in [5.74, 6) is -2.25. The van der Waals surface area contributed by atoms with E-state index in [0.717, 1.165) is 11.1 Å². The summed E-state index contributed by atoms with van der Waals surface area (Å²) in [4.78, 5) is 26.5. The molecule has 2 aliphatic rings. The van der Waals surface area contributed by atoms with E-state index in [1.54, 1.807) is 4.90 Å². The Hall–Kier alpha value is -2.82. The molecule has 1 saturated heterocycles. The molecule has 0 aliphatic carbocycles. The summed E-state index contributed by atoms with van der Waals surface area (Å²) in [7, 11) is 0. The van der Waals surface area contributed by atoms with Crippen molar-refractivity contribution in [1.29, 1.82) is 0 Å². The summed E-state index contributed by atoms with van der Waals surface area (Å²) in [6.07, 6.45) is 0.472. The fourth-order valence-corrected chi connectivity index (χ4v) is 4.00. The maximum Gasteiger partial charge on any atom is 0.316 e. The number of rotatable bonds is 3. The van der Waals surface area contributed by atoms with Crippen molar-refractivity contribution in [3.8, 4) is 5.75 Å². The minimum absolute atomic E-state index is 0.328. The molecule has 0 saturated carbocycles. The monoisotopic (exact) mass is 337 g/mol. The van der Waals surface area contributed by atoms with Crippen LogP contribution >= 0.6 is 0 Å². The molecule has 1 amide bonds. The van der Waals surface area contributed by atoms with Gasteiger partial charge >= 0.3 is 5.97 Å². The molecule has 5 nitrogen and oxygen atoms in total. The van der Waals surface area contributed by atoms with Gasteiger partial charge in [0.1, 0.15) is 11.7 Å². The minimum Gasteiger partial charge on any atom is -0.481 e. The molecule has 4 rings (SSSR count). The number of para-hydroxylation sites is 1. The number of benzene rings is 2. The van der Waals surface area contributed by atoms with E-state index < -0.39 is 17.6 Å². The van der Waals surface area contributed by atoms with Crippen molar-refractivity contribution in [2.75, 3.05) is 0 Å². The molecule has 0 aromatic heterocycles. The van der Waals surface area contributed by atoms with Crippen LogP contribution in [0.15, 0.2) is 54.6 Å². The van der Waals surface area contributed by atoms with Crippen molar-refractivity contribution in [3.63, 3.8) is 0 Å². The molecular weight excluding hydrogens is 318 g/mol. The fourth-order valence-electron chi connectivity index (χ4n) is 4.00. The number of hydrogen-bond acceptors (Lipinski definition) is 3. The second kappa shape index (κ2) is 5.62. The number of likely N-dealkylation sites (tertiary alicyclic amines) is 1. The maximum atomic E-state index is 13.1. The van der Waals surface area contributed by atoms with Gasteiger partial charge in [-0.1, -0.05) is 48.5 Å². The van der Waals surface area contributed by atoms with Gasteiger partial charge in [-0.2, -0.15) is 0 Å². The molecule has 2 bridgehead atoms. The van der Waals surface area contributed by atoms with Crippen LogP contribution in [0.2, 0.25) is 0 Å². The quantitative estimate of drug-likeness (QED) is 0.874.